The van der Waals surface area contributed by atoms with Crippen LogP contribution in [0, 0.1) is 11.7 Å². The van der Waals surface area contributed by atoms with Crippen molar-refractivity contribution >= 4 is 10.9 Å². The normalized spacial score (nSPS) is 20.2. The van der Waals surface area contributed by atoms with Crippen molar-refractivity contribution < 1.29 is 9.13 Å². The van der Waals surface area contributed by atoms with Gasteiger partial charge in [-0.05, 0) is 35.7 Å². The maximum Gasteiger partial charge on any atom is 0.124 e. The molecule has 3 nitrogen and oxygen atoms in total. The summed E-state index contributed by atoms with van der Waals surface area (Å²) in [4.78, 5) is 4.40. The van der Waals surface area contributed by atoms with Crippen molar-refractivity contribution in [3.8, 4) is 0 Å². The lowest BCUT2D eigenvalue weighted by molar-refractivity contribution is 0.0904. The topological polar surface area (TPSA) is 34.1 Å². The zero-order valence-electron chi connectivity index (χ0n) is 14.0. The fraction of sp³-hybridized carbons (Fsp3) is 0.286. The van der Waals surface area contributed by atoms with Crippen LogP contribution in [-0.2, 0) is 11.3 Å². The fourth-order valence-corrected chi connectivity index (χ4v) is 3.61. The molecule has 25 heavy (non-hydrogen) atoms. The van der Waals surface area contributed by atoms with E-state index in [1.54, 1.807) is 12.3 Å². The lowest BCUT2D eigenvalue weighted by Gasteiger charge is -2.19. The number of nitrogens with zero attached hydrogens (tertiary/aromatic N) is 1. The van der Waals surface area contributed by atoms with Crippen molar-refractivity contribution in [2.75, 3.05) is 13.2 Å². The highest BCUT2D eigenvalue weighted by atomic mass is 19.1. The second-order valence-corrected chi connectivity index (χ2v) is 6.52. The molecule has 1 aromatic heterocycles. The van der Waals surface area contributed by atoms with E-state index in [0.717, 1.165) is 36.0 Å². The number of rotatable bonds is 5. The number of aromatic nitrogens is 1. The molecule has 1 saturated heterocycles. The van der Waals surface area contributed by atoms with Gasteiger partial charge in [-0.25, -0.2) is 4.39 Å². The standard InChI is InChI=1S/C21H21FN2O/c22-19-11-16-7-4-9-24-20(16)18(12-19)14-23-13-17-8-10-25-21(17)15-5-2-1-3-6-15/h1-7,9,11-12,17,21,23H,8,10,13-14H2/t17-,21+/m1/s1. The highest BCUT2D eigenvalue weighted by molar-refractivity contribution is 5.81. The van der Waals surface area contributed by atoms with E-state index in [4.69, 9.17) is 4.74 Å². The van der Waals surface area contributed by atoms with Gasteiger partial charge in [0.2, 0.25) is 0 Å². The summed E-state index contributed by atoms with van der Waals surface area (Å²) in [6, 6.07) is 17.2. The predicted octanol–water partition coefficient (Wildman–Crippen LogP) is 4.24. The van der Waals surface area contributed by atoms with Crippen LogP contribution < -0.4 is 5.32 Å². The maximum atomic E-state index is 13.8. The van der Waals surface area contributed by atoms with Crippen LogP contribution in [0.15, 0.2) is 60.8 Å². The molecule has 0 unspecified atom stereocenters. The molecule has 0 aliphatic carbocycles. The number of hydrogen-bond acceptors (Lipinski definition) is 3. The van der Waals surface area contributed by atoms with Gasteiger partial charge in [0.15, 0.2) is 0 Å². The second kappa shape index (κ2) is 7.30. The molecular weight excluding hydrogens is 315 g/mol. The first kappa shape index (κ1) is 16.2. The molecule has 2 heterocycles. The zero-order chi connectivity index (χ0) is 17.1. The third-order valence-corrected chi connectivity index (χ3v) is 4.81. The van der Waals surface area contributed by atoms with Crippen molar-refractivity contribution in [3.63, 3.8) is 0 Å². The smallest absolute Gasteiger partial charge is 0.124 e. The van der Waals surface area contributed by atoms with E-state index in [2.05, 4.69) is 22.4 Å². The molecule has 128 valence electrons. The van der Waals surface area contributed by atoms with Crippen LogP contribution >= 0.6 is 0 Å². The molecule has 0 radical (unpaired) electrons. The Balaban J connectivity index is 1.44. The van der Waals surface area contributed by atoms with Gasteiger partial charge in [0.05, 0.1) is 11.6 Å². The molecule has 0 spiro atoms. The molecule has 1 fully saturated rings. The van der Waals surface area contributed by atoms with Gasteiger partial charge in [-0.1, -0.05) is 36.4 Å². The Morgan fingerprint density at radius 2 is 2.00 bits per heavy atom. The number of ether oxygens (including phenoxy) is 1. The predicted molar refractivity (Wildman–Crippen MR) is 96.6 cm³/mol. The Hall–Kier alpha value is -2.30. The van der Waals surface area contributed by atoms with E-state index in [-0.39, 0.29) is 11.9 Å². The number of halogens is 1. The Morgan fingerprint density at radius 3 is 2.88 bits per heavy atom. The summed E-state index contributed by atoms with van der Waals surface area (Å²) in [5.41, 5.74) is 2.98. The van der Waals surface area contributed by atoms with Crippen LogP contribution in [0.5, 0.6) is 0 Å². The SMILES string of the molecule is Fc1cc(CNC[C@H]2CCO[C@H]2c2ccccc2)c2ncccc2c1. The summed E-state index contributed by atoms with van der Waals surface area (Å²) in [7, 11) is 0. The first-order valence-electron chi connectivity index (χ1n) is 8.72. The van der Waals surface area contributed by atoms with E-state index in [0.29, 0.717) is 12.5 Å². The summed E-state index contributed by atoms with van der Waals surface area (Å²) in [6.07, 6.45) is 2.92. The zero-order valence-corrected chi connectivity index (χ0v) is 14.0. The molecular formula is C21H21FN2O. The van der Waals surface area contributed by atoms with Crippen molar-refractivity contribution in [2.45, 2.75) is 19.1 Å². The first-order chi connectivity index (χ1) is 12.3. The lowest BCUT2D eigenvalue weighted by atomic mass is 9.95. The average molecular weight is 336 g/mol. The Morgan fingerprint density at radius 1 is 1.12 bits per heavy atom. The molecule has 0 saturated carbocycles. The third kappa shape index (κ3) is 3.55. The fourth-order valence-electron chi connectivity index (χ4n) is 3.61. The van der Waals surface area contributed by atoms with Gasteiger partial charge in [0, 0.05) is 37.2 Å². The molecule has 2 aromatic carbocycles. The minimum atomic E-state index is -0.219. The minimum absolute atomic E-state index is 0.135. The summed E-state index contributed by atoms with van der Waals surface area (Å²) in [6.45, 7) is 2.23. The van der Waals surface area contributed by atoms with Gasteiger partial charge in [-0.2, -0.15) is 0 Å². The van der Waals surface area contributed by atoms with Crippen LogP contribution in [0.3, 0.4) is 0 Å². The summed E-state index contributed by atoms with van der Waals surface area (Å²) in [5, 5.41) is 4.31. The van der Waals surface area contributed by atoms with Crippen LogP contribution in [0.1, 0.15) is 23.7 Å². The van der Waals surface area contributed by atoms with Crippen molar-refractivity contribution in [3.05, 3.63) is 77.7 Å². The lowest BCUT2D eigenvalue weighted by Crippen LogP contribution is -2.24. The molecule has 4 heteroatoms. The highest BCUT2D eigenvalue weighted by Gasteiger charge is 2.29. The molecule has 2 atom stereocenters. The third-order valence-electron chi connectivity index (χ3n) is 4.81. The Kier molecular flexibility index (Phi) is 4.72. The largest absolute Gasteiger partial charge is 0.373 e. The molecule has 1 aliphatic heterocycles. The number of pyridine rings is 1. The monoisotopic (exact) mass is 336 g/mol. The van der Waals surface area contributed by atoms with Gasteiger partial charge >= 0.3 is 0 Å². The van der Waals surface area contributed by atoms with Gasteiger partial charge in [0.1, 0.15) is 5.82 Å². The highest BCUT2D eigenvalue weighted by Crippen LogP contribution is 2.34. The van der Waals surface area contributed by atoms with Gasteiger partial charge < -0.3 is 10.1 Å². The van der Waals surface area contributed by atoms with Crippen LogP contribution in [0.4, 0.5) is 4.39 Å². The van der Waals surface area contributed by atoms with Crippen molar-refractivity contribution in [2.24, 2.45) is 5.92 Å². The molecule has 1 N–H and O–H groups in total. The molecule has 0 bridgehead atoms. The van der Waals surface area contributed by atoms with Crippen LogP contribution in [-0.4, -0.2) is 18.1 Å². The molecule has 3 aromatic rings. The van der Waals surface area contributed by atoms with Crippen molar-refractivity contribution in [1.82, 2.24) is 10.3 Å². The van der Waals surface area contributed by atoms with Gasteiger partial charge in [-0.15, -0.1) is 0 Å². The number of fused-ring (bicyclic) bond motifs is 1. The van der Waals surface area contributed by atoms with Crippen LogP contribution in [0.25, 0.3) is 10.9 Å². The number of hydrogen-bond donors (Lipinski definition) is 1. The van der Waals surface area contributed by atoms with E-state index in [9.17, 15) is 4.39 Å². The molecule has 4 rings (SSSR count). The van der Waals surface area contributed by atoms with E-state index < -0.39 is 0 Å². The Labute approximate surface area is 146 Å². The second-order valence-electron chi connectivity index (χ2n) is 6.52. The quantitative estimate of drug-likeness (QED) is 0.757. The first-order valence-corrected chi connectivity index (χ1v) is 8.72. The minimum Gasteiger partial charge on any atom is -0.373 e. The Bertz CT molecular complexity index is 853. The van der Waals surface area contributed by atoms with E-state index in [1.807, 2.05) is 30.3 Å². The maximum absolute atomic E-state index is 13.8. The van der Waals surface area contributed by atoms with Crippen molar-refractivity contribution in [1.29, 1.82) is 0 Å². The summed E-state index contributed by atoms with van der Waals surface area (Å²) >= 11 is 0. The summed E-state index contributed by atoms with van der Waals surface area (Å²) < 4.78 is 19.8. The van der Waals surface area contributed by atoms with Crippen LogP contribution in [0.2, 0.25) is 0 Å². The molecule has 0 amide bonds. The molecule has 1 aliphatic rings. The number of benzene rings is 2. The van der Waals surface area contributed by atoms with E-state index >= 15 is 0 Å². The van der Waals surface area contributed by atoms with E-state index in [1.165, 1.54) is 11.6 Å². The average Bonchev–Trinajstić information content (AvgIpc) is 3.11. The number of nitrogens with one attached hydrogen (secondary N) is 1. The van der Waals surface area contributed by atoms with Gasteiger partial charge in [-0.3, -0.25) is 4.98 Å². The summed E-state index contributed by atoms with van der Waals surface area (Å²) in [5.74, 6) is 0.207. The van der Waals surface area contributed by atoms with Gasteiger partial charge in [0.25, 0.3) is 0 Å².